The van der Waals surface area contributed by atoms with Crippen LogP contribution in [0.5, 0.6) is 11.5 Å². The molecule has 3 N–H and O–H groups in total. The summed E-state index contributed by atoms with van der Waals surface area (Å²) in [6, 6.07) is 16.9. The van der Waals surface area contributed by atoms with Gasteiger partial charge in [-0.15, -0.1) is 0 Å². The number of hydrogen-bond donors (Lipinski definition) is 2. The Kier molecular flexibility index (Phi) is 3.27. The van der Waals surface area contributed by atoms with E-state index in [1.165, 1.54) is 0 Å². The van der Waals surface area contributed by atoms with Crippen molar-refractivity contribution in [3.05, 3.63) is 66.0 Å². The van der Waals surface area contributed by atoms with Crippen molar-refractivity contribution in [3.8, 4) is 22.8 Å². The van der Waals surface area contributed by atoms with Gasteiger partial charge in [-0.3, -0.25) is 5.10 Å². The third-order valence-electron chi connectivity index (χ3n) is 2.98. The van der Waals surface area contributed by atoms with Crippen LogP contribution in [0.3, 0.4) is 0 Å². The minimum absolute atomic E-state index is 0.203. The normalized spacial score (nSPS) is 10.0. The number of nitrogens with zero attached hydrogens (tertiary/aromatic N) is 2. The SMILES string of the molecule is [C-]#[N+]c1c(N)n[nH]c1-c1cccc(Oc2ccccc2)c1. The lowest BCUT2D eigenvalue weighted by molar-refractivity contribution is 0.483. The molecule has 0 aliphatic rings. The van der Waals surface area contributed by atoms with Crippen LogP contribution in [0, 0.1) is 6.57 Å². The maximum atomic E-state index is 7.18. The first-order valence-corrected chi connectivity index (χ1v) is 6.32. The van der Waals surface area contributed by atoms with Crippen LogP contribution in [0.2, 0.25) is 0 Å². The van der Waals surface area contributed by atoms with Crippen molar-refractivity contribution in [1.82, 2.24) is 10.2 Å². The van der Waals surface area contributed by atoms with E-state index in [2.05, 4.69) is 15.0 Å². The lowest BCUT2D eigenvalue weighted by Crippen LogP contribution is -1.85. The van der Waals surface area contributed by atoms with Crippen molar-refractivity contribution in [2.75, 3.05) is 5.73 Å². The van der Waals surface area contributed by atoms with E-state index in [4.69, 9.17) is 17.0 Å². The number of ether oxygens (including phenoxy) is 1. The molecule has 0 bridgehead atoms. The van der Waals surface area contributed by atoms with Gasteiger partial charge in [-0.05, 0) is 29.8 Å². The molecule has 3 aromatic rings. The Balaban J connectivity index is 1.95. The maximum Gasteiger partial charge on any atom is 0.254 e. The second-order valence-electron chi connectivity index (χ2n) is 4.39. The summed E-state index contributed by atoms with van der Waals surface area (Å²) in [5.74, 6) is 1.64. The summed E-state index contributed by atoms with van der Waals surface area (Å²) in [6.45, 7) is 7.18. The van der Waals surface area contributed by atoms with E-state index in [1.807, 2.05) is 54.6 Å². The summed E-state index contributed by atoms with van der Waals surface area (Å²) < 4.78 is 5.78. The average molecular weight is 276 g/mol. The van der Waals surface area contributed by atoms with E-state index in [1.54, 1.807) is 0 Å². The molecule has 5 nitrogen and oxygen atoms in total. The fourth-order valence-corrected chi connectivity index (χ4v) is 2.00. The van der Waals surface area contributed by atoms with Crippen LogP contribution in [0.1, 0.15) is 0 Å². The van der Waals surface area contributed by atoms with Crippen LogP contribution in [-0.4, -0.2) is 10.2 Å². The number of rotatable bonds is 3. The number of hydrogen-bond acceptors (Lipinski definition) is 3. The summed E-state index contributed by atoms with van der Waals surface area (Å²) in [4.78, 5) is 3.41. The van der Waals surface area contributed by atoms with Crippen LogP contribution >= 0.6 is 0 Å². The Hall–Kier alpha value is -3.26. The summed E-state index contributed by atoms with van der Waals surface area (Å²) >= 11 is 0. The second kappa shape index (κ2) is 5.39. The fourth-order valence-electron chi connectivity index (χ4n) is 2.00. The number of anilines is 1. The zero-order valence-electron chi connectivity index (χ0n) is 11.1. The van der Waals surface area contributed by atoms with Gasteiger partial charge in [0.1, 0.15) is 11.5 Å². The van der Waals surface area contributed by atoms with Gasteiger partial charge in [-0.2, -0.15) is 5.10 Å². The second-order valence-corrected chi connectivity index (χ2v) is 4.39. The molecule has 102 valence electrons. The Morgan fingerprint density at radius 3 is 2.57 bits per heavy atom. The first-order chi connectivity index (χ1) is 10.3. The van der Waals surface area contributed by atoms with E-state index in [0.29, 0.717) is 17.1 Å². The lowest BCUT2D eigenvalue weighted by Gasteiger charge is -2.07. The minimum atomic E-state index is 0.203. The van der Waals surface area contributed by atoms with Crippen molar-refractivity contribution in [2.45, 2.75) is 0 Å². The molecule has 21 heavy (non-hydrogen) atoms. The molecule has 0 saturated heterocycles. The molecule has 0 spiro atoms. The topological polar surface area (TPSA) is 68.3 Å². The molecule has 5 heteroatoms. The lowest BCUT2D eigenvalue weighted by atomic mass is 10.1. The molecular formula is C16H12N4O. The van der Waals surface area contributed by atoms with Crippen LogP contribution in [0.4, 0.5) is 11.5 Å². The summed E-state index contributed by atoms with van der Waals surface area (Å²) in [5, 5.41) is 6.66. The first-order valence-electron chi connectivity index (χ1n) is 6.32. The molecule has 1 aromatic heterocycles. The number of aromatic nitrogens is 2. The molecule has 1 heterocycles. The van der Waals surface area contributed by atoms with E-state index in [0.717, 1.165) is 11.3 Å². The van der Waals surface area contributed by atoms with Gasteiger partial charge in [0, 0.05) is 0 Å². The molecule has 0 unspecified atom stereocenters. The van der Waals surface area contributed by atoms with Gasteiger partial charge in [0.2, 0.25) is 0 Å². The summed E-state index contributed by atoms with van der Waals surface area (Å²) in [6.07, 6.45) is 0. The van der Waals surface area contributed by atoms with Crippen molar-refractivity contribution >= 4 is 11.5 Å². The Morgan fingerprint density at radius 1 is 1.05 bits per heavy atom. The highest BCUT2D eigenvalue weighted by Crippen LogP contribution is 2.35. The third kappa shape index (κ3) is 2.55. The van der Waals surface area contributed by atoms with E-state index in [-0.39, 0.29) is 5.82 Å². The summed E-state index contributed by atoms with van der Waals surface area (Å²) in [5.41, 5.74) is 7.39. The molecule has 0 saturated carbocycles. The summed E-state index contributed by atoms with van der Waals surface area (Å²) in [7, 11) is 0. The molecule has 3 rings (SSSR count). The smallest absolute Gasteiger partial charge is 0.254 e. The predicted octanol–water partition coefficient (Wildman–Crippen LogP) is 4.00. The van der Waals surface area contributed by atoms with Crippen molar-refractivity contribution < 1.29 is 4.74 Å². The van der Waals surface area contributed by atoms with Gasteiger partial charge in [-0.25, -0.2) is 4.85 Å². The van der Waals surface area contributed by atoms with Crippen LogP contribution in [0.15, 0.2) is 54.6 Å². The first kappa shape index (κ1) is 12.8. The highest BCUT2D eigenvalue weighted by Gasteiger charge is 2.13. The molecule has 0 amide bonds. The van der Waals surface area contributed by atoms with Crippen molar-refractivity contribution in [1.29, 1.82) is 0 Å². The quantitative estimate of drug-likeness (QED) is 0.710. The van der Waals surface area contributed by atoms with E-state index >= 15 is 0 Å². The number of aromatic amines is 1. The van der Waals surface area contributed by atoms with Crippen molar-refractivity contribution in [3.63, 3.8) is 0 Å². The average Bonchev–Trinajstić information content (AvgIpc) is 2.89. The minimum Gasteiger partial charge on any atom is -0.457 e. The largest absolute Gasteiger partial charge is 0.457 e. The standard InChI is InChI=1S/C16H12N4O/c1-18-15-14(19-20-16(15)17)11-6-5-9-13(10-11)21-12-7-3-2-4-8-12/h2-10H,(H3,17,19,20). The van der Waals surface area contributed by atoms with Crippen LogP contribution < -0.4 is 10.5 Å². The number of para-hydroxylation sites is 1. The Bertz CT molecular complexity index is 803. The monoisotopic (exact) mass is 276 g/mol. The Labute approximate surface area is 121 Å². The van der Waals surface area contributed by atoms with Gasteiger partial charge in [-0.1, -0.05) is 30.3 Å². The van der Waals surface area contributed by atoms with Gasteiger partial charge in [0.05, 0.1) is 12.3 Å². The molecule has 0 atom stereocenters. The van der Waals surface area contributed by atoms with Gasteiger partial charge in [0.15, 0.2) is 5.82 Å². The molecule has 0 fully saturated rings. The van der Waals surface area contributed by atoms with E-state index in [9.17, 15) is 0 Å². The molecule has 0 aliphatic heterocycles. The van der Waals surface area contributed by atoms with Gasteiger partial charge >= 0.3 is 0 Å². The van der Waals surface area contributed by atoms with Crippen LogP contribution in [0.25, 0.3) is 16.1 Å². The molecule has 0 aliphatic carbocycles. The highest BCUT2D eigenvalue weighted by atomic mass is 16.5. The number of nitrogen functional groups attached to an aromatic ring is 1. The third-order valence-corrected chi connectivity index (χ3v) is 2.98. The number of nitrogens with one attached hydrogen (secondary N) is 1. The highest BCUT2D eigenvalue weighted by molar-refractivity contribution is 5.82. The molecule has 0 radical (unpaired) electrons. The molecule has 2 aromatic carbocycles. The number of benzene rings is 2. The van der Waals surface area contributed by atoms with Gasteiger partial charge < -0.3 is 10.5 Å². The van der Waals surface area contributed by atoms with Crippen LogP contribution in [-0.2, 0) is 0 Å². The number of H-pyrrole nitrogens is 1. The van der Waals surface area contributed by atoms with Gasteiger partial charge in [0.25, 0.3) is 5.69 Å². The zero-order valence-corrected chi connectivity index (χ0v) is 11.1. The molecular weight excluding hydrogens is 264 g/mol. The Morgan fingerprint density at radius 2 is 1.81 bits per heavy atom. The number of nitrogens with two attached hydrogens (primary N) is 1. The fraction of sp³-hybridized carbons (Fsp3) is 0. The predicted molar refractivity (Wildman–Crippen MR) is 81.2 cm³/mol. The van der Waals surface area contributed by atoms with E-state index < -0.39 is 0 Å². The van der Waals surface area contributed by atoms with Crippen molar-refractivity contribution in [2.24, 2.45) is 0 Å². The maximum absolute atomic E-state index is 7.18. The zero-order chi connectivity index (χ0) is 14.7.